The summed E-state index contributed by atoms with van der Waals surface area (Å²) < 4.78 is 5.12. The standard InChI is InChI=1S/C15H16N2O2.C11H9NO2.C7H7N3O/c1-19-14-9-5-6-11(10-13(14)16)15(18)17-12-7-3-2-4-8-12;12-10-9-4-2-1-3-7(9)5-8(6-13)11(10)14;8-4-1-2-5-6(3-4)10-7(11)9-5/h2-5,7-10H,6,16H2,1H3,(H,17,18);1-6,14H,12H2;1-3H,8H2,(H2,9,10,11). The molecule has 4 aromatic carbocycles. The summed E-state index contributed by atoms with van der Waals surface area (Å²) in [4.78, 5) is 38.7. The van der Waals surface area contributed by atoms with Crippen LogP contribution in [0.4, 0.5) is 17.1 Å². The molecule has 0 saturated carbocycles. The minimum absolute atomic E-state index is 0.140. The molecular weight excluding hydrogens is 560 g/mol. The topological polar surface area (TPSA) is 202 Å². The molecule has 0 fully saturated rings. The van der Waals surface area contributed by atoms with Crippen LogP contribution in [-0.2, 0) is 9.53 Å². The van der Waals surface area contributed by atoms with Gasteiger partial charge in [-0.15, -0.1) is 0 Å². The van der Waals surface area contributed by atoms with Gasteiger partial charge >= 0.3 is 5.69 Å². The Labute approximate surface area is 252 Å². The van der Waals surface area contributed by atoms with Crippen LogP contribution in [0.15, 0.2) is 119 Å². The number of rotatable bonds is 4. The minimum Gasteiger partial charge on any atom is -0.505 e. The molecule has 5 aromatic rings. The van der Waals surface area contributed by atoms with Crippen molar-refractivity contribution in [3.05, 3.63) is 130 Å². The minimum atomic E-state index is -0.203. The number of fused-ring (bicyclic) bond motifs is 2. The normalized spacial score (nSPS) is 12.2. The van der Waals surface area contributed by atoms with E-state index < -0.39 is 0 Å². The number of aromatic nitrogens is 2. The Morgan fingerprint density at radius 3 is 2.39 bits per heavy atom. The number of allylic oxidation sites excluding steroid dienone is 3. The highest BCUT2D eigenvalue weighted by atomic mass is 16.5. The molecular formula is C33H32N6O5. The van der Waals surface area contributed by atoms with Crippen molar-refractivity contribution in [2.75, 3.05) is 23.9 Å². The van der Waals surface area contributed by atoms with Gasteiger partial charge in [-0.25, -0.2) is 4.79 Å². The number of aromatic hydroxyl groups is 1. The summed E-state index contributed by atoms with van der Waals surface area (Å²) in [6, 6.07) is 23.5. The van der Waals surface area contributed by atoms with E-state index in [0.29, 0.717) is 35.4 Å². The maximum atomic E-state index is 12.1. The Balaban J connectivity index is 0.000000156. The predicted molar refractivity (Wildman–Crippen MR) is 174 cm³/mol. The van der Waals surface area contributed by atoms with Gasteiger partial charge < -0.3 is 42.3 Å². The van der Waals surface area contributed by atoms with Gasteiger partial charge in [-0.3, -0.25) is 9.59 Å². The number of hydrogen-bond donors (Lipinski definition) is 7. The van der Waals surface area contributed by atoms with E-state index in [4.69, 9.17) is 21.9 Å². The predicted octanol–water partition coefficient (Wildman–Crippen LogP) is 4.71. The number of carbonyl (C=O) groups is 2. The number of nitrogen functional groups attached to an aromatic ring is 2. The third-order valence-corrected chi connectivity index (χ3v) is 6.52. The summed E-state index contributed by atoms with van der Waals surface area (Å²) in [5.74, 6) is 0.275. The van der Waals surface area contributed by atoms with Crippen LogP contribution in [-0.4, -0.2) is 34.4 Å². The maximum absolute atomic E-state index is 12.1. The lowest BCUT2D eigenvalue weighted by atomic mass is 10.0. The average molecular weight is 593 g/mol. The zero-order valence-corrected chi connectivity index (χ0v) is 23.8. The Morgan fingerprint density at radius 1 is 0.955 bits per heavy atom. The molecule has 1 aliphatic carbocycles. The smallest absolute Gasteiger partial charge is 0.323 e. The van der Waals surface area contributed by atoms with Crippen molar-refractivity contribution in [2.24, 2.45) is 5.73 Å². The molecule has 0 unspecified atom stereocenters. The van der Waals surface area contributed by atoms with Crippen molar-refractivity contribution in [3.8, 4) is 5.75 Å². The number of imidazole rings is 1. The monoisotopic (exact) mass is 592 g/mol. The van der Waals surface area contributed by atoms with E-state index in [1.807, 2.05) is 54.6 Å². The fourth-order valence-electron chi connectivity index (χ4n) is 4.31. The van der Waals surface area contributed by atoms with Crippen molar-refractivity contribution in [3.63, 3.8) is 0 Å². The van der Waals surface area contributed by atoms with E-state index in [1.165, 1.54) is 0 Å². The summed E-state index contributed by atoms with van der Waals surface area (Å²) in [6.45, 7) is 0. The number of phenolic OH excluding ortho intramolecular Hbond substituents is 1. The molecule has 224 valence electrons. The van der Waals surface area contributed by atoms with Crippen molar-refractivity contribution < 1.29 is 19.4 Å². The lowest BCUT2D eigenvalue weighted by Crippen LogP contribution is -2.14. The molecule has 6 rings (SSSR count). The number of anilines is 3. The number of aromatic amines is 2. The summed E-state index contributed by atoms with van der Waals surface area (Å²) in [6.07, 6.45) is 6.39. The van der Waals surface area contributed by atoms with Crippen molar-refractivity contribution in [2.45, 2.75) is 6.42 Å². The van der Waals surface area contributed by atoms with Crippen molar-refractivity contribution >= 4 is 51.1 Å². The van der Waals surface area contributed by atoms with E-state index in [1.54, 1.807) is 49.6 Å². The summed E-state index contributed by atoms with van der Waals surface area (Å²) >= 11 is 0. The molecule has 0 atom stereocenters. The van der Waals surface area contributed by atoms with Crippen LogP contribution in [0.1, 0.15) is 16.8 Å². The van der Waals surface area contributed by atoms with E-state index in [-0.39, 0.29) is 28.6 Å². The zero-order chi connectivity index (χ0) is 31.6. The Kier molecular flexibility index (Phi) is 9.84. The second-order valence-electron chi connectivity index (χ2n) is 9.57. The first kappa shape index (κ1) is 30.7. The first-order valence-corrected chi connectivity index (χ1v) is 13.4. The molecule has 0 spiro atoms. The number of phenols is 1. The number of nitrogens with two attached hydrogens (primary N) is 3. The molecule has 1 aromatic heterocycles. The van der Waals surface area contributed by atoms with Gasteiger partial charge in [-0.2, -0.15) is 0 Å². The molecule has 11 nitrogen and oxygen atoms in total. The number of H-pyrrole nitrogens is 2. The van der Waals surface area contributed by atoms with Gasteiger partial charge in [0.1, 0.15) is 11.5 Å². The first-order chi connectivity index (χ1) is 21.2. The first-order valence-electron chi connectivity index (χ1n) is 13.4. The van der Waals surface area contributed by atoms with Crippen LogP contribution in [0.5, 0.6) is 5.75 Å². The second-order valence-corrected chi connectivity index (χ2v) is 9.57. The highest BCUT2D eigenvalue weighted by Crippen LogP contribution is 2.32. The number of benzene rings is 4. The number of nitrogens with one attached hydrogen (secondary N) is 3. The van der Waals surface area contributed by atoms with Gasteiger partial charge in [-0.1, -0.05) is 48.5 Å². The Hall–Kier alpha value is -6.23. The van der Waals surface area contributed by atoms with Crippen molar-refractivity contribution in [1.82, 2.24) is 9.97 Å². The number of hydrogen-bond acceptors (Lipinski definition) is 8. The van der Waals surface area contributed by atoms with Gasteiger partial charge in [0.15, 0.2) is 6.29 Å². The number of carbonyl (C=O) groups excluding carboxylic acids is 2. The third-order valence-electron chi connectivity index (χ3n) is 6.52. The molecule has 0 aliphatic heterocycles. The Bertz CT molecular complexity index is 1950. The fourth-order valence-corrected chi connectivity index (χ4v) is 4.31. The van der Waals surface area contributed by atoms with Gasteiger partial charge in [0.25, 0.3) is 5.91 Å². The fraction of sp³-hybridized carbons (Fsp3) is 0.0606. The SMILES string of the molecule is COC1=C(N)C=C(C(=O)Nc2ccccc2)CC=C1.Nc1c(O)c(C=O)cc2ccccc12.Nc1ccc2[nH]c(=O)[nH]c2c1. The summed E-state index contributed by atoms with van der Waals surface area (Å²) in [5.41, 5.74) is 21.3. The van der Waals surface area contributed by atoms with Crippen LogP contribution in [0.2, 0.25) is 0 Å². The van der Waals surface area contributed by atoms with Gasteiger partial charge in [0, 0.05) is 22.3 Å². The van der Waals surface area contributed by atoms with Gasteiger partial charge in [-0.05, 0) is 60.4 Å². The van der Waals surface area contributed by atoms with Gasteiger partial charge in [0.05, 0.1) is 35.1 Å². The molecule has 0 bridgehead atoms. The maximum Gasteiger partial charge on any atom is 0.323 e. The van der Waals surface area contributed by atoms with E-state index in [9.17, 15) is 19.5 Å². The van der Waals surface area contributed by atoms with Gasteiger partial charge in [0.2, 0.25) is 0 Å². The lowest BCUT2D eigenvalue weighted by molar-refractivity contribution is -0.112. The zero-order valence-electron chi connectivity index (χ0n) is 23.8. The van der Waals surface area contributed by atoms with Crippen LogP contribution in [0, 0.1) is 0 Å². The van der Waals surface area contributed by atoms with Crippen LogP contribution >= 0.6 is 0 Å². The van der Waals surface area contributed by atoms with E-state index in [0.717, 1.165) is 27.5 Å². The molecule has 0 saturated heterocycles. The number of ether oxygens (including phenoxy) is 1. The highest BCUT2D eigenvalue weighted by Gasteiger charge is 2.13. The molecule has 44 heavy (non-hydrogen) atoms. The van der Waals surface area contributed by atoms with Crippen LogP contribution in [0.25, 0.3) is 21.8 Å². The second kappa shape index (κ2) is 14.1. The summed E-state index contributed by atoms with van der Waals surface area (Å²) in [5, 5.41) is 14.0. The Morgan fingerprint density at radius 2 is 1.66 bits per heavy atom. The third kappa shape index (κ3) is 7.53. The van der Waals surface area contributed by atoms with E-state index >= 15 is 0 Å². The number of aldehydes is 1. The lowest BCUT2D eigenvalue weighted by Gasteiger charge is -2.07. The number of amides is 1. The molecule has 1 heterocycles. The van der Waals surface area contributed by atoms with Crippen LogP contribution in [0.3, 0.4) is 0 Å². The van der Waals surface area contributed by atoms with E-state index in [2.05, 4.69) is 15.3 Å². The molecule has 1 aliphatic rings. The largest absolute Gasteiger partial charge is 0.505 e. The van der Waals surface area contributed by atoms with Crippen LogP contribution < -0.4 is 28.2 Å². The summed E-state index contributed by atoms with van der Waals surface area (Å²) in [7, 11) is 1.55. The number of methoxy groups -OCH3 is 1. The molecule has 11 heteroatoms. The average Bonchev–Trinajstić information content (AvgIpc) is 3.28. The van der Waals surface area contributed by atoms with Crippen molar-refractivity contribution in [1.29, 1.82) is 0 Å². The molecule has 0 radical (unpaired) electrons. The quantitative estimate of drug-likeness (QED) is 0.0883. The molecule has 1 amide bonds. The molecule has 10 N–H and O–H groups in total. The highest BCUT2D eigenvalue weighted by molar-refractivity contribution is 6.04. The number of para-hydroxylation sites is 1.